The van der Waals surface area contributed by atoms with Crippen LogP contribution < -0.4 is 10.6 Å². The van der Waals surface area contributed by atoms with Gasteiger partial charge in [0.05, 0.1) is 5.56 Å². The van der Waals surface area contributed by atoms with Crippen molar-refractivity contribution >= 4 is 11.9 Å². The van der Waals surface area contributed by atoms with E-state index in [0.717, 1.165) is 50.8 Å². The number of rotatable bonds is 4. The highest BCUT2D eigenvalue weighted by atomic mass is 19.4. The summed E-state index contributed by atoms with van der Waals surface area (Å²) in [6.07, 6.45) is 1.97. The lowest BCUT2D eigenvalue weighted by Gasteiger charge is -2.26. The Bertz CT molecular complexity index is 729. The molecule has 1 aliphatic heterocycles. The summed E-state index contributed by atoms with van der Waals surface area (Å²) >= 11 is 0. The van der Waals surface area contributed by atoms with Crippen LogP contribution in [0.5, 0.6) is 0 Å². The molecule has 0 bridgehead atoms. The summed E-state index contributed by atoms with van der Waals surface area (Å²) < 4.78 is 38.6. The van der Waals surface area contributed by atoms with Crippen molar-refractivity contribution in [3.05, 3.63) is 35.4 Å². The molecule has 1 atom stereocenters. The van der Waals surface area contributed by atoms with Crippen molar-refractivity contribution in [2.45, 2.75) is 57.3 Å². The van der Waals surface area contributed by atoms with E-state index < -0.39 is 11.7 Å². The molecule has 8 heteroatoms. The van der Waals surface area contributed by atoms with Gasteiger partial charge < -0.3 is 15.5 Å². The minimum atomic E-state index is -4.35. The minimum Gasteiger partial charge on any atom is -0.352 e. The van der Waals surface area contributed by atoms with Gasteiger partial charge in [0.25, 0.3) is 0 Å². The van der Waals surface area contributed by atoms with E-state index in [1.807, 2.05) is 4.90 Å². The molecule has 0 aromatic heterocycles. The number of aliphatic imine (C=N–C) groups is 1. The van der Waals surface area contributed by atoms with E-state index >= 15 is 0 Å². The van der Waals surface area contributed by atoms with Crippen LogP contribution in [-0.2, 0) is 17.5 Å². The summed E-state index contributed by atoms with van der Waals surface area (Å²) in [5.41, 5.74) is -0.129. The lowest BCUT2D eigenvalue weighted by molar-refractivity contribution is -0.137. The maximum absolute atomic E-state index is 12.9. The Morgan fingerprint density at radius 3 is 2.66 bits per heavy atom. The summed E-state index contributed by atoms with van der Waals surface area (Å²) in [6, 6.07) is 5.35. The number of guanidine groups is 1. The van der Waals surface area contributed by atoms with Crippen LogP contribution in [0.15, 0.2) is 29.3 Å². The Kier molecular flexibility index (Phi) is 7.03. The van der Waals surface area contributed by atoms with Gasteiger partial charge >= 0.3 is 6.18 Å². The molecule has 1 aromatic rings. The molecule has 0 spiro atoms. The molecule has 1 heterocycles. The number of amides is 1. The average Bonchev–Trinajstić information content (AvgIpc) is 3.19. The highest BCUT2D eigenvalue weighted by molar-refractivity contribution is 5.81. The maximum atomic E-state index is 12.9. The lowest BCUT2D eigenvalue weighted by atomic mass is 9.88. The Morgan fingerprint density at radius 1 is 1.21 bits per heavy atom. The molecule has 1 saturated carbocycles. The number of nitrogens with one attached hydrogen (secondary N) is 2. The Hall–Kier alpha value is -2.25. The first kappa shape index (κ1) is 21.5. The Labute approximate surface area is 169 Å². The third-order valence-corrected chi connectivity index (χ3v) is 5.73. The molecule has 160 valence electrons. The molecule has 1 saturated heterocycles. The summed E-state index contributed by atoms with van der Waals surface area (Å²) in [6.45, 7) is 1.61. The molecule has 2 aliphatic rings. The molecule has 1 aliphatic carbocycles. The van der Waals surface area contributed by atoms with Crippen LogP contribution in [0.2, 0.25) is 0 Å². The van der Waals surface area contributed by atoms with Crippen LogP contribution in [-0.4, -0.2) is 42.9 Å². The van der Waals surface area contributed by atoms with Crippen molar-refractivity contribution in [2.24, 2.45) is 10.9 Å². The first-order valence-electron chi connectivity index (χ1n) is 10.3. The fourth-order valence-electron chi connectivity index (χ4n) is 4.12. The van der Waals surface area contributed by atoms with E-state index in [-0.39, 0.29) is 24.4 Å². The molecule has 29 heavy (non-hydrogen) atoms. The minimum absolute atomic E-state index is 0.0928. The van der Waals surface area contributed by atoms with Gasteiger partial charge in [-0.2, -0.15) is 13.2 Å². The number of nitrogens with zero attached hydrogens (tertiary/aromatic N) is 2. The number of carbonyl (C=O) groups is 1. The first-order chi connectivity index (χ1) is 13.9. The van der Waals surface area contributed by atoms with Gasteiger partial charge in [-0.05, 0) is 37.0 Å². The first-order valence-corrected chi connectivity index (χ1v) is 10.3. The summed E-state index contributed by atoms with van der Waals surface area (Å²) in [7, 11) is 1.63. The van der Waals surface area contributed by atoms with E-state index in [9.17, 15) is 18.0 Å². The molecule has 0 radical (unpaired) electrons. The third kappa shape index (κ3) is 5.87. The third-order valence-electron chi connectivity index (χ3n) is 5.73. The van der Waals surface area contributed by atoms with Crippen molar-refractivity contribution in [3.63, 3.8) is 0 Å². The van der Waals surface area contributed by atoms with E-state index in [1.54, 1.807) is 13.1 Å². The predicted octanol–water partition coefficient (Wildman–Crippen LogP) is 3.55. The van der Waals surface area contributed by atoms with Crippen molar-refractivity contribution in [1.29, 1.82) is 0 Å². The molecule has 2 fully saturated rings. The van der Waals surface area contributed by atoms with E-state index in [0.29, 0.717) is 18.1 Å². The van der Waals surface area contributed by atoms with Crippen molar-refractivity contribution < 1.29 is 18.0 Å². The van der Waals surface area contributed by atoms with Crippen molar-refractivity contribution in [1.82, 2.24) is 15.5 Å². The van der Waals surface area contributed by atoms with Gasteiger partial charge in [-0.25, -0.2) is 0 Å². The molecular formula is C21H29F3N4O. The second kappa shape index (κ2) is 9.50. The topological polar surface area (TPSA) is 56.7 Å². The monoisotopic (exact) mass is 410 g/mol. The van der Waals surface area contributed by atoms with E-state index in [1.165, 1.54) is 12.5 Å². The van der Waals surface area contributed by atoms with E-state index in [2.05, 4.69) is 15.6 Å². The normalized spacial score (nSPS) is 21.3. The van der Waals surface area contributed by atoms with Gasteiger partial charge in [0, 0.05) is 38.6 Å². The molecule has 1 aromatic carbocycles. The van der Waals surface area contributed by atoms with Gasteiger partial charge in [0.15, 0.2) is 5.96 Å². The second-order valence-electron chi connectivity index (χ2n) is 7.87. The molecule has 3 rings (SSSR count). The smallest absolute Gasteiger partial charge is 0.352 e. The van der Waals surface area contributed by atoms with Gasteiger partial charge in [-0.15, -0.1) is 0 Å². The number of alkyl halides is 3. The molecular weight excluding hydrogens is 381 g/mol. The molecule has 5 nitrogen and oxygen atoms in total. The number of hydrogen-bond acceptors (Lipinski definition) is 2. The zero-order valence-electron chi connectivity index (χ0n) is 16.8. The van der Waals surface area contributed by atoms with Gasteiger partial charge in [-0.1, -0.05) is 31.4 Å². The SMILES string of the molecule is CN=C(NCc1cccc(C(F)(F)F)c1)NC1CCN(C(=O)C2CCCCC2)C1. The zero-order chi connectivity index (χ0) is 20.9. The zero-order valence-corrected chi connectivity index (χ0v) is 16.8. The summed E-state index contributed by atoms with van der Waals surface area (Å²) in [5.74, 6) is 0.959. The number of halogens is 3. The Balaban J connectivity index is 1.49. The van der Waals surface area contributed by atoms with Crippen LogP contribution in [0.4, 0.5) is 13.2 Å². The summed E-state index contributed by atoms with van der Waals surface area (Å²) in [4.78, 5) is 18.8. The lowest BCUT2D eigenvalue weighted by Crippen LogP contribution is -2.45. The number of hydrogen-bond donors (Lipinski definition) is 2. The van der Waals surface area contributed by atoms with Crippen LogP contribution in [0.3, 0.4) is 0 Å². The van der Waals surface area contributed by atoms with Crippen LogP contribution in [0.1, 0.15) is 49.7 Å². The van der Waals surface area contributed by atoms with Crippen LogP contribution in [0, 0.1) is 5.92 Å². The quantitative estimate of drug-likeness (QED) is 0.590. The number of benzene rings is 1. The Morgan fingerprint density at radius 2 is 1.97 bits per heavy atom. The van der Waals surface area contributed by atoms with Crippen LogP contribution in [0.25, 0.3) is 0 Å². The van der Waals surface area contributed by atoms with Crippen molar-refractivity contribution in [2.75, 3.05) is 20.1 Å². The fraction of sp³-hybridized carbons (Fsp3) is 0.619. The molecule has 2 N–H and O–H groups in total. The second-order valence-corrected chi connectivity index (χ2v) is 7.87. The number of likely N-dealkylation sites (tertiary alicyclic amines) is 1. The standard InChI is InChI=1S/C21H29F3N4O/c1-25-20(26-13-15-6-5-9-17(12-15)21(22,23)24)27-18-10-11-28(14-18)19(29)16-7-3-2-4-8-16/h5-6,9,12,16,18H,2-4,7-8,10-11,13-14H2,1H3,(H2,25,26,27). The van der Waals surface area contributed by atoms with E-state index in [4.69, 9.17) is 0 Å². The highest BCUT2D eigenvalue weighted by Crippen LogP contribution is 2.29. The van der Waals surface area contributed by atoms with Crippen LogP contribution >= 0.6 is 0 Å². The highest BCUT2D eigenvalue weighted by Gasteiger charge is 2.32. The molecule has 1 amide bonds. The largest absolute Gasteiger partial charge is 0.416 e. The summed E-state index contributed by atoms with van der Waals surface area (Å²) in [5, 5.41) is 6.36. The fourth-order valence-corrected chi connectivity index (χ4v) is 4.12. The van der Waals surface area contributed by atoms with Gasteiger partial charge in [-0.3, -0.25) is 9.79 Å². The maximum Gasteiger partial charge on any atom is 0.416 e. The van der Waals surface area contributed by atoms with Gasteiger partial charge in [0.2, 0.25) is 5.91 Å². The number of carbonyl (C=O) groups excluding carboxylic acids is 1. The average molecular weight is 410 g/mol. The van der Waals surface area contributed by atoms with Crippen molar-refractivity contribution in [3.8, 4) is 0 Å². The molecule has 1 unspecified atom stereocenters. The van der Waals surface area contributed by atoms with Gasteiger partial charge in [0.1, 0.15) is 0 Å². The predicted molar refractivity (Wildman–Crippen MR) is 106 cm³/mol.